The molecule has 0 rings (SSSR count). The van der Waals surface area contributed by atoms with Crippen molar-refractivity contribution in [2.45, 2.75) is 39.4 Å². The second-order valence-electron chi connectivity index (χ2n) is 2.99. The Bertz CT molecular complexity index is 175. The molecular formula is C10H18O3. The molecule has 3 heteroatoms. The van der Waals surface area contributed by atoms with Crippen molar-refractivity contribution in [3.05, 3.63) is 12.2 Å². The van der Waals surface area contributed by atoms with Gasteiger partial charge in [-0.05, 0) is 13.3 Å². The molecule has 0 fully saturated rings. The van der Waals surface area contributed by atoms with Gasteiger partial charge in [0.05, 0.1) is 0 Å². The standard InChI is InChI=1S/C10H18O3/c1-5-6-7-9(12-4)13-10(11)8(2)3/h9H,2,5-7H2,1,3-4H3. The van der Waals surface area contributed by atoms with Crippen molar-refractivity contribution in [3.8, 4) is 0 Å². The first-order valence-electron chi connectivity index (χ1n) is 4.51. The van der Waals surface area contributed by atoms with Gasteiger partial charge in [-0.1, -0.05) is 19.9 Å². The van der Waals surface area contributed by atoms with Crippen LogP contribution in [0.1, 0.15) is 33.1 Å². The van der Waals surface area contributed by atoms with E-state index in [9.17, 15) is 4.79 Å². The summed E-state index contributed by atoms with van der Waals surface area (Å²) in [5.74, 6) is -0.386. The molecule has 0 aromatic heterocycles. The number of methoxy groups -OCH3 is 1. The summed E-state index contributed by atoms with van der Waals surface area (Å²) >= 11 is 0. The first-order chi connectivity index (χ1) is 6.11. The number of rotatable bonds is 6. The molecule has 1 unspecified atom stereocenters. The van der Waals surface area contributed by atoms with E-state index in [4.69, 9.17) is 9.47 Å². The molecule has 0 amide bonds. The van der Waals surface area contributed by atoms with Crippen LogP contribution in [0.15, 0.2) is 12.2 Å². The fourth-order valence-corrected chi connectivity index (χ4v) is 0.816. The van der Waals surface area contributed by atoms with E-state index in [1.165, 1.54) is 7.11 Å². The van der Waals surface area contributed by atoms with Crippen molar-refractivity contribution in [1.82, 2.24) is 0 Å². The van der Waals surface area contributed by atoms with Gasteiger partial charge < -0.3 is 9.47 Å². The predicted octanol–water partition coefficient (Wildman–Crippen LogP) is 2.27. The average molecular weight is 186 g/mol. The first kappa shape index (κ1) is 12.2. The Morgan fingerprint density at radius 2 is 2.15 bits per heavy atom. The lowest BCUT2D eigenvalue weighted by atomic mass is 10.2. The highest BCUT2D eigenvalue weighted by Crippen LogP contribution is 2.07. The molecule has 0 aliphatic rings. The summed E-state index contributed by atoms with van der Waals surface area (Å²) in [5.41, 5.74) is 0.401. The van der Waals surface area contributed by atoms with E-state index in [1.54, 1.807) is 6.92 Å². The minimum atomic E-state index is -0.427. The van der Waals surface area contributed by atoms with E-state index in [0.717, 1.165) is 19.3 Å². The lowest BCUT2D eigenvalue weighted by molar-refractivity contribution is -0.169. The summed E-state index contributed by atoms with van der Waals surface area (Å²) in [5, 5.41) is 0. The van der Waals surface area contributed by atoms with Gasteiger partial charge in [0.1, 0.15) is 0 Å². The number of unbranched alkanes of at least 4 members (excludes halogenated alkanes) is 1. The molecule has 0 N–H and O–H groups in total. The van der Waals surface area contributed by atoms with Crippen LogP contribution in [-0.2, 0) is 14.3 Å². The molecule has 0 aromatic carbocycles. The summed E-state index contributed by atoms with van der Waals surface area (Å²) in [6.45, 7) is 7.19. The molecule has 0 aliphatic heterocycles. The molecule has 76 valence electrons. The Labute approximate surface area is 79.7 Å². The second kappa shape index (κ2) is 6.66. The van der Waals surface area contributed by atoms with E-state index in [-0.39, 0.29) is 5.97 Å². The molecule has 13 heavy (non-hydrogen) atoms. The first-order valence-corrected chi connectivity index (χ1v) is 4.51. The summed E-state index contributed by atoms with van der Waals surface area (Å²) in [7, 11) is 1.53. The van der Waals surface area contributed by atoms with Crippen LogP contribution in [0.2, 0.25) is 0 Å². The number of ether oxygens (including phenoxy) is 2. The number of esters is 1. The summed E-state index contributed by atoms with van der Waals surface area (Å²) in [6, 6.07) is 0. The normalized spacial score (nSPS) is 12.2. The van der Waals surface area contributed by atoms with E-state index in [0.29, 0.717) is 5.57 Å². The zero-order valence-electron chi connectivity index (χ0n) is 8.63. The Kier molecular flexibility index (Phi) is 6.24. The van der Waals surface area contributed by atoms with Crippen molar-refractivity contribution < 1.29 is 14.3 Å². The fraction of sp³-hybridized carbons (Fsp3) is 0.700. The topological polar surface area (TPSA) is 35.5 Å². The quantitative estimate of drug-likeness (QED) is 0.362. The van der Waals surface area contributed by atoms with Crippen molar-refractivity contribution in [2.24, 2.45) is 0 Å². The summed E-state index contributed by atoms with van der Waals surface area (Å²) in [6.07, 6.45) is 2.36. The van der Waals surface area contributed by atoms with E-state index >= 15 is 0 Å². The third kappa shape index (κ3) is 5.42. The predicted molar refractivity (Wildman–Crippen MR) is 51.2 cm³/mol. The summed E-state index contributed by atoms with van der Waals surface area (Å²) in [4.78, 5) is 11.1. The van der Waals surface area contributed by atoms with Gasteiger partial charge in [-0.15, -0.1) is 0 Å². The maximum Gasteiger partial charge on any atom is 0.335 e. The maximum absolute atomic E-state index is 11.1. The fourth-order valence-electron chi connectivity index (χ4n) is 0.816. The van der Waals surface area contributed by atoms with Crippen molar-refractivity contribution >= 4 is 5.97 Å². The minimum Gasteiger partial charge on any atom is -0.432 e. The molecular weight excluding hydrogens is 168 g/mol. The minimum absolute atomic E-state index is 0.386. The lowest BCUT2D eigenvalue weighted by Crippen LogP contribution is -2.20. The van der Waals surface area contributed by atoms with Crippen LogP contribution < -0.4 is 0 Å². The van der Waals surface area contributed by atoms with E-state index in [2.05, 4.69) is 13.5 Å². The molecule has 0 heterocycles. The van der Waals surface area contributed by atoms with Crippen LogP contribution in [0.3, 0.4) is 0 Å². The number of hydrogen-bond donors (Lipinski definition) is 0. The third-order valence-corrected chi connectivity index (χ3v) is 1.64. The highest BCUT2D eigenvalue weighted by atomic mass is 16.7. The van der Waals surface area contributed by atoms with Crippen LogP contribution in [0.4, 0.5) is 0 Å². The second-order valence-corrected chi connectivity index (χ2v) is 2.99. The Hall–Kier alpha value is -0.830. The van der Waals surface area contributed by atoms with Crippen LogP contribution in [0.5, 0.6) is 0 Å². The molecule has 0 aliphatic carbocycles. The van der Waals surface area contributed by atoms with Crippen LogP contribution in [0.25, 0.3) is 0 Å². The van der Waals surface area contributed by atoms with Gasteiger partial charge in [-0.25, -0.2) is 4.79 Å². The van der Waals surface area contributed by atoms with Crippen LogP contribution >= 0.6 is 0 Å². The van der Waals surface area contributed by atoms with Crippen molar-refractivity contribution in [3.63, 3.8) is 0 Å². The Balaban J connectivity index is 3.83. The molecule has 0 spiro atoms. The number of carbonyl (C=O) groups excluding carboxylic acids is 1. The molecule has 1 atom stereocenters. The van der Waals surface area contributed by atoms with Gasteiger partial charge in [-0.3, -0.25) is 0 Å². The van der Waals surface area contributed by atoms with Crippen LogP contribution in [-0.4, -0.2) is 19.4 Å². The molecule has 0 radical (unpaired) electrons. The van der Waals surface area contributed by atoms with Gasteiger partial charge >= 0.3 is 5.97 Å². The van der Waals surface area contributed by atoms with Gasteiger partial charge in [0, 0.05) is 19.1 Å². The lowest BCUT2D eigenvalue weighted by Gasteiger charge is -2.15. The van der Waals surface area contributed by atoms with Gasteiger partial charge in [0.25, 0.3) is 0 Å². The molecule has 3 nitrogen and oxygen atoms in total. The van der Waals surface area contributed by atoms with Crippen molar-refractivity contribution in [2.75, 3.05) is 7.11 Å². The smallest absolute Gasteiger partial charge is 0.335 e. The zero-order chi connectivity index (χ0) is 10.3. The molecule has 0 bridgehead atoms. The zero-order valence-corrected chi connectivity index (χ0v) is 8.63. The molecule has 0 saturated heterocycles. The SMILES string of the molecule is C=C(C)C(=O)OC(CCCC)OC. The van der Waals surface area contributed by atoms with Crippen LogP contribution in [0, 0.1) is 0 Å². The van der Waals surface area contributed by atoms with E-state index in [1.807, 2.05) is 0 Å². The Morgan fingerprint density at radius 3 is 2.54 bits per heavy atom. The Morgan fingerprint density at radius 1 is 1.54 bits per heavy atom. The molecule has 0 aromatic rings. The highest BCUT2D eigenvalue weighted by Gasteiger charge is 2.12. The molecule has 0 saturated carbocycles. The average Bonchev–Trinajstić information content (AvgIpc) is 2.11. The van der Waals surface area contributed by atoms with Gasteiger partial charge in [0.2, 0.25) is 6.29 Å². The summed E-state index contributed by atoms with van der Waals surface area (Å²) < 4.78 is 9.99. The maximum atomic E-state index is 11.1. The largest absolute Gasteiger partial charge is 0.432 e. The van der Waals surface area contributed by atoms with Gasteiger partial charge in [0.15, 0.2) is 0 Å². The third-order valence-electron chi connectivity index (χ3n) is 1.64. The number of carbonyl (C=O) groups is 1. The highest BCUT2D eigenvalue weighted by molar-refractivity contribution is 5.86. The number of hydrogen-bond acceptors (Lipinski definition) is 3. The monoisotopic (exact) mass is 186 g/mol. The van der Waals surface area contributed by atoms with E-state index < -0.39 is 6.29 Å². The van der Waals surface area contributed by atoms with Crippen molar-refractivity contribution in [1.29, 1.82) is 0 Å². The van der Waals surface area contributed by atoms with Gasteiger partial charge in [-0.2, -0.15) is 0 Å².